The first-order valence-corrected chi connectivity index (χ1v) is 5.15. The third-order valence-electron chi connectivity index (χ3n) is 2.24. The molecule has 0 aliphatic rings. The van der Waals surface area contributed by atoms with Crippen LogP contribution in [0, 0.1) is 5.82 Å². The summed E-state index contributed by atoms with van der Waals surface area (Å²) in [5, 5.41) is 13.9. The largest absolute Gasteiger partial charge is 0.389 e. The van der Waals surface area contributed by atoms with Crippen LogP contribution >= 0.6 is 11.6 Å². The molecule has 0 radical (unpaired) electrons. The molecule has 0 saturated carbocycles. The van der Waals surface area contributed by atoms with Gasteiger partial charge in [-0.2, -0.15) is 5.10 Å². The molecule has 0 aliphatic carbocycles. The first-order chi connectivity index (χ1) is 7.58. The van der Waals surface area contributed by atoms with Crippen molar-refractivity contribution in [2.24, 2.45) is 0 Å². The third-order valence-corrected chi connectivity index (χ3v) is 2.44. The molecule has 0 bridgehead atoms. The molecular formula is C11H10ClFN2O. The van der Waals surface area contributed by atoms with Crippen molar-refractivity contribution < 1.29 is 9.50 Å². The van der Waals surface area contributed by atoms with E-state index < -0.39 is 11.9 Å². The van der Waals surface area contributed by atoms with Gasteiger partial charge in [0, 0.05) is 11.8 Å². The fraction of sp³-hybridized carbons (Fsp3) is 0.182. The average Bonchev–Trinajstić information content (AvgIpc) is 2.64. The van der Waals surface area contributed by atoms with E-state index in [0.717, 1.165) is 0 Å². The zero-order valence-electron chi connectivity index (χ0n) is 8.56. The fourth-order valence-electron chi connectivity index (χ4n) is 1.50. The first kappa shape index (κ1) is 11.1. The zero-order chi connectivity index (χ0) is 11.7. The topological polar surface area (TPSA) is 38.0 Å². The molecule has 84 valence electrons. The molecule has 3 nitrogen and oxygen atoms in total. The summed E-state index contributed by atoms with van der Waals surface area (Å²) in [4.78, 5) is 0. The Hall–Kier alpha value is -1.39. The monoisotopic (exact) mass is 240 g/mol. The van der Waals surface area contributed by atoms with E-state index in [1.165, 1.54) is 16.8 Å². The number of nitrogens with zero attached hydrogens (tertiary/aromatic N) is 2. The smallest absolute Gasteiger partial charge is 0.151 e. The Balaban J connectivity index is 2.56. The second kappa shape index (κ2) is 4.23. The summed E-state index contributed by atoms with van der Waals surface area (Å²) >= 11 is 5.70. The van der Waals surface area contributed by atoms with Crippen molar-refractivity contribution in [2.75, 3.05) is 0 Å². The molecule has 2 rings (SSSR count). The molecule has 16 heavy (non-hydrogen) atoms. The van der Waals surface area contributed by atoms with E-state index in [0.29, 0.717) is 16.4 Å². The SMILES string of the molecule is C[C@@H](O)c1cc(F)ccc1-n1ccc(Cl)n1. The molecule has 0 fully saturated rings. The molecule has 0 saturated heterocycles. The second-order valence-electron chi connectivity index (χ2n) is 3.46. The van der Waals surface area contributed by atoms with E-state index in [1.54, 1.807) is 25.3 Å². The molecule has 5 heteroatoms. The molecule has 1 atom stereocenters. The summed E-state index contributed by atoms with van der Waals surface area (Å²) in [6, 6.07) is 5.78. The van der Waals surface area contributed by atoms with Gasteiger partial charge in [-0.15, -0.1) is 0 Å². The number of aromatic nitrogens is 2. The Morgan fingerprint density at radius 1 is 1.44 bits per heavy atom. The Morgan fingerprint density at radius 2 is 2.19 bits per heavy atom. The number of benzene rings is 1. The van der Waals surface area contributed by atoms with Crippen molar-refractivity contribution in [2.45, 2.75) is 13.0 Å². The highest BCUT2D eigenvalue weighted by Crippen LogP contribution is 2.22. The summed E-state index contributed by atoms with van der Waals surface area (Å²) in [6.45, 7) is 1.57. The van der Waals surface area contributed by atoms with E-state index in [4.69, 9.17) is 11.6 Å². The number of hydrogen-bond donors (Lipinski definition) is 1. The molecule has 0 spiro atoms. The Bertz CT molecular complexity index is 510. The van der Waals surface area contributed by atoms with Gasteiger partial charge in [0.15, 0.2) is 5.15 Å². The van der Waals surface area contributed by atoms with Crippen LogP contribution in [0.3, 0.4) is 0 Å². The van der Waals surface area contributed by atoms with E-state index in [9.17, 15) is 9.50 Å². The Labute approximate surface area is 97.1 Å². The van der Waals surface area contributed by atoms with Crippen LogP contribution in [-0.2, 0) is 0 Å². The van der Waals surface area contributed by atoms with Crippen LogP contribution < -0.4 is 0 Å². The Kier molecular flexibility index (Phi) is 2.94. The average molecular weight is 241 g/mol. The molecule has 0 unspecified atom stereocenters. The summed E-state index contributed by atoms with van der Waals surface area (Å²) < 4.78 is 14.6. The molecule has 1 N–H and O–H groups in total. The van der Waals surface area contributed by atoms with Gasteiger partial charge in [-0.3, -0.25) is 0 Å². The lowest BCUT2D eigenvalue weighted by atomic mass is 10.1. The van der Waals surface area contributed by atoms with Gasteiger partial charge in [0.05, 0.1) is 11.8 Å². The van der Waals surface area contributed by atoms with Crippen molar-refractivity contribution in [3.8, 4) is 5.69 Å². The normalized spacial score (nSPS) is 12.8. The number of halogens is 2. The minimum absolute atomic E-state index is 0.348. The number of aliphatic hydroxyl groups excluding tert-OH is 1. The summed E-state index contributed by atoms with van der Waals surface area (Å²) in [5.74, 6) is -0.391. The molecular weight excluding hydrogens is 231 g/mol. The fourth-order valence-corrected chi connectivity index (χ4v) is 1.64. The maximum atomic E-state index is 13.1. The van der Waals surface area contributed by atoms with Crippen molar-refractivity contribution >= 4 is 11.6 Å². The van der Waals surface area contributed by atoms with Gasteiger partial charge in [-0.1, -0.05) is 11.6 Å². The van der Waals surface area contributed by atoms with Crippen LogP contribution in [0.1, 0.15) is 18.6 Å². The van der Waals surface area contributed by atoms with Crippen LogP contribution in [-0.4, -0.2) is 14.9 Å². The molecule has 1 aromatic carbocycles. The molecule has 1 heterocycles. The van der Waals surface area contributed by atoms with Crippen LogP contribution in [0.4, 0.5) is 4.39 Å². The predicted octanol–water partition coefficient (Wildman–Crippen LogP) is 2.72. The van der Waals surface area contributed by atoms with Gasteiger partial charge in [-0.25, -0.2) is 9.07 Å². The van der Waals surface area contributed by atoms with Crippen molar-refractivity contribution in [1.29, 1.82) is 0 Å². The predicted molar refractivity (Wildman–Crippen MR) is 59.2 cm³/mol. The first-order valence-electron chi connectivity index (χ1n) is 4.77. The van der Waals surface area contributed by atoms with Gasteiger partial charge in [0.1, 0.15) is 5.82 Å². The van der Waals surface area contributed by atoms with Gasteiger partial charge in [0.2, 0.25) is 0 Å². The summed E-state index contributed by atoms with van der Waals surface area (Å²) in [7, 11) is 0. The zero-order valence-corrected chi connectivity index (χ0v) is 9.32. The summed E-state index contributed by atoms with van der Waals surface area (Å²) in [5.41, 5.74) is 1.09. The lowest BCUT2D eigenvalue weighted by Crippen LogP contribution is -2.03. The minimum atomic E-state index is -0.770. The highest BCUT2D eigenvalue weighted by atomic mass is 35.5. The number of aliphatic hydroxyl groups is 1. The highest BCUT2D eigenvalue weighted by molar-refractivity contribution is 6.29. The molecule has 2 aromatic rings. The minimum Gasteiger partial charge on any atom is -0.389 e. The standard InChI is InChI=1S/C11H10ClFN2O/c1-7(16)9-6-8(13)2-3-10(9)15-5-4-11(12)14-15/h2-7,16H,1H3/t7-/m1/s1. The maximum absolute atomic E-state index is 13.1. The van der Waals surface area contributed by atoms with Gasteiger partial charge >= 0.3 is 0 Å². The molecule has 0 amide bonds. The number of rotatable bonds is 2. The Morgan fingerprint density at radius 3 is 2.75 bits per heavy atom. The van der Waals surface area contributed by atoms with Crippen LogP contribution in [0.15, 0.2) is 30.5 Å². The van der Waals surface area contributed by atoms with Gasteiger partial charge in [-0.05, 0) is 31.2 Å². The van der Waals surface area contributed by atoms with E-state index >= 15 is 0 Å². The lowest BCUT2D eigenvalue weighted by molar-refractivity contribution is 0.198. The van der Waals surface area contributed by atoms with Crippen molar-refractivity contribution in [1.82, 2.24) is 9.78 Å². The van der Waals surface area contributed by atoms with Gasteiger partial charge in [0.25, 0.3) is 0 Å². The summed E-state index contributed by atoms with van der Waals surface area (Å²) in [6.07, 6.45) is 0.884. The number of hydrogen-bond acceptors (Lipinski definition) is 2. The van der Waals surface area contributed by atoms with E-state index in [1.807, 2.05) is 0 Å². The van der Waals surface area contributed by atoms with Crippen LogP contribution in [0.2, 0.25) is 5.15 Å². The highest BCUT2D eigenvalue weighted by Gasteiger charge is 2.11. The van der Waals surface area contributed by atoms with Crippen molar-refractivity contribution in [3.05, 3.63) is 47.0 Å². The lowest BCUT2D eigenvalue weighted by Gasteiger charge is -2.11. The van der Waals surface area contributed by atoms with Crippen LogP contribution in [0.25, 0.3) is 5.69 Å². The molecule has 1 aromatic heterocycles. The van der Waals surface area contributed by atoms with Crippen LogP contribution in [0.5, 0.6) is 0 Å². The third kappa shape index (κ3) is 2.08. The maximum Gasteiger partial charge on any atom is 0.151 e. The van der Waals surface area contributed by atoms with Crippen molar-refractivity contribution in [3.63, 3.8) is 0 Å². The van der Waals surface area contributed by atoms with E-state index in [2.05, 4.69) is 5.10 Å². The quantitative estimate of drug-likeness (QED) is 0.877. The second-order valence-corrected chi connectivity index (χ2v) is 3.85. The van der Waals surface area contributed by atoms with Gasteiger partial charge < -0.3 is 5.11 Å². The molecule has 0 aliphatic heterocycles. The van der Waals surface area contributed by atoms with E-state index in [-0.39, 0.29) is 0 Å².